The van der Waals surface area contributed by atoms with E-state index in [1.54, 1.807) is 0 Å². The quantitative estimate of drug-likeness (QED) is 0.505. The summed E-state index contributed by atoms with van der Waals surface area (Å²) < 4.78 is 5.24. The van der Waals surface area contributed by atoms with Gasteiger partial charge in [-0.15, -0.1) is 0 Å². The Morgan fingerprint density at radius 1 is 1.06 bits per heavy atom. The molecule has 0 spiro atoms. The normalized spacial score (nSPS) is 15.6. The van der Waals surface area contributed by atoms with E-state index < -0.39 is 0 Å². The Labute approximate surface area is 189 Å². The number of para-hydroxylation sites is 1. The molecular weight excluding hydrogens is 400 g/mol. The molecule has 5 heteroatoms. The van der Waals surface area contributed by atoms with Crippen LogP contribution in [0.25, 0.3) is 10.9 Å². The lowest BCUT2D eigenvalue weighted by Gasteiger charge is -2.36. The summed E-state index contributed by atoms with van der Waals surface area (Å²) in [5.74, 6) is 0.590. The first-order valence-electron chi connectivity index (χ1n) is 11.7. The van der Waals surface area contributed by atoms with Crippen LogP contribution in [0.15, 0.2) is 60.8 Å². The Kier molecular flexibility index (Phi) is 7.25. The van der Waals surface area contributed by atoms with Crippen LogP contribution in [0.1, 0.15) is 49.7 Å². The summed E-state index contributed by atoms with van der Waals surface area (Å²) in [5, 5.41) is 1.20. The van der Waals surface area contributed by atoms with Crippen molar-refractivity contribution >= 4 is 22.8 Å². The van der Waals surface area contributed by atoms with E-state index in [0.29, 0.717) is 25.4 Å². The predicted octanol–water partition coefficient (Wildman–Crippen LogP) is 5.08. The van der Waals surface area contributed by atoms with E-state index in [9.17, 15) is 9.59 Å². The zero-order valence-electron chi connectivity index (χ0n) is 18.8. The standard InChI is InChI=1S/C27H32N2O3/c1-2-32-27(31)18-24(20-8-4-3-5-9-20)21-14-16-29(17-15-21)26(30)13-12-22-19-28-25-11-7-6-10-23(22)25/h3-11,19,21,24,28H,2,12-18H2,1H3/t24-/m1/s1. The monoisotopic (exact) mass is 432 g/mol. The number of hydrogen-bond acceptors (Lipinski definition) is 3. The molecule has 4 rings (SSSR count). The lowest BCUT2D eigenvalue weighted by atomic mass is 9.78. The third-order valence-corrected chi connectivity index (χ3v) is 6.66. The number of carbonyl (C=O) groups excluding carboxylic acids is 2. The minimum atomic E-state index is -0.140. The van der Waals surface area contributed by atoms with E-state index in [4.69, 9.17) is 4.74 Å². The van der Waals surface area contributed by atoms with Crippen molar-refractivity contribution in [2.24, 2.45) is 5.92 Å². The molecule has 2 aromatic carbocycles. The molecule has 3 aromatic rings. The molecule has 1 aromatic heterocycles. The SMILES string of the molecule is CCOC(=O)C[C@H](c1ccccc1)C1CCN(C(=O)CCc2c[nH]c3ccccc23)CC1. The van der Waals surface area contributed by atoms with Gasteiger partial charge in [-0.25, -0.2) is 0 Å². The first-order valence-corrected chi connectivity index (χ1v) is 11.7. The number of aryl methyl sites for hydroxylation is 1. The average molecular weight is 433 g/mol. The number of aromatic amines is 1. The fourth-order valence-electron chi connectivity index (χ4n) is 4.95. The van der Waals surface area contributed by atoms with Gasteiger partial charge in [0.25, 0.3) is 0 Å². The van der Waals surface area contributed by atoms with Crippen molar-refractivity contribution in [2.75, 3.05) is 19.7 Å². The number of amides is 1. The molecule has 1 aliphatic rings. The minimum Gasteiger partial charge on any atom is -0.466 e. The van der Waals surface area contributed by atoms with Crippen molar-refractivity contribution in [1.29, 1.82) is 0 Å². The lowest BCUT2D eigenvalue weighted by Crippen LogP contribution is -2.40. The van der Waals surface area contributed by atoms with Gasteiger partial charge in [-0.1, -0.05) is 48.5 Å². The topological polar surface area (TPSA) is 62.4 Å². The Hall–Kier alpha value is -3.08. The number of nitrogens with one attached hydrogen (secondary N) is 1. The number of fused-ring (bicyclic) bond motifs is 1. The van der Waals surface area contributed by atoms with Crippen LogP contribution in [-0.2, 0) is 20.7 Å². The number of ether oxygens (including phenoxy) is 1. The van der Waals surface area contributed by atoms with Crippen LogP contribution in [0.5, 0.6) is 0 Å². The van der Waals surface area contributed by atoms with Crippen molar-refractivity contribution in [3.05, 3.63) is 71.9 Å². The molecule has 32 heavy (non-hydrogen) atoms. The molecule has 0 aliphatic carbocycles. The molecule has 0 bridgehead atoms. The van der Waals surface area contributed by atoms with E-state index in [-0.39, 0.29) is 17.8 Å². The summed E-state index contributed by atoms with van der Waals surface area (Å²) in [6, 6.07) is 18.5. The Balaban J connectivity index is 1.34. The molecule has 1 fully saturated rings. The van der Waals surface area contributed by atoms with Gasteiger partial charge < -0.3 is 14.6 Å². The fraction of sp³-hybridized carbons (Fsp3) is 0.407. The maximum absolute atomic E-state index is 12.9. The summed E-state index contributed by atoms with van der Waals surface area (Å²) in [6.45, 7) is 3.76. The molecule has 1 aliphatic heterocycles. The Morgan fingerprint density at radius 3 is 2.53 bits per heavy atom. The number of H-pyrrole nitrogens is 1. The average Bonchev–Trinajstić information content (AvgIpc) is 3.25. The van der Waals surface area contributed by atoms with Crippen molar-refractivity contribution in [1.82, 2.24) is 9.88 Å². The van der Waals surface area contributed by atoms with Crippen LogP contribution in [0.2, 0.25) is 0 Å². The number of likely N-dealkylation sites (tertiary alicyclic amines) is 1. The third-order valence-electron chi connectivity index (χ3n) is 6.66. The molecule has 0 unspecified atom stereocenters. The van der Waals surface area contributed by atoms with E-state index in [0.717, 1.165) is 37.9 Å². The Morgan fingerprint density at radius 2 is 1.78 bits per heavy atom. The number of esters is 1. The number of piperidine rings is 1. The maximum atomic E-state index is 12.9. The highest BCUT2D eigenvalue weighted by atomic mass is 16.5. The summed E-state index contributed by atoms with van der Waals surface area (Å²) in [7, 11) is 0. The predicted molar refractivity (Wildman–Crippen MR) is 126 cm³/mol. The second kappa shape index (κ2) is 10.5. The summed E-state index contributed by atoms with van der Waals surface area (Å²) in [4.78, 5) is 30.4. The molecule has 1 saturated heterocycles. The van der Waals surface area contributed by atoms with Gasteiger partial charge in [-0.2, -0.15) is 0 Å². The number of aromatic nitrogens is 1. The molecule has 0 radical (unpaired) electrons. The number of hydrogen-bond donors (Lipinski definition) is 1. The second-order valence-corrected chi connectivity index (χ2v) is 8.60. The number of rotatable bonds is 8. The number of benzene rings is 2. The Bertz CT molecular complexity index is 1040. The highest BCUT2D eigenvalue weighted by molar-refractivity contribution is 5.84. The van der Waals surface area contributed by atoms with Crippen LogP contribution in [-0.4, -0.2) is 41.5 Å². The van der Waals surface area contributed by atoms with Gasteiger partial charge in [-0.3, -0.25) is 9.59 Å². The minimum absolute atomic E-state index is 0.138. The molecular formula is C27H32N2O3. The molecule has 0 saturated carbocycles. The second-order valence-electron chi connectivity index (χ2n) is 8.60. The van der Waals surface area contributed by atoms with Gasteiger partial charge in [-0.05, 0) is 55.2 Å². The summed E-state index contributed by atoms with van der Waals surface area (Å²) in [5.41, 5.74) is 3.50. The highest BCUT2D eigenvalue weighted by Gasteiger charge is 2.31. The van der Waals surface area contributed by atoms with Gasteiger partial charge >= 0.3 is 5.97 Å². The van der Waals surface area contributed by atoms with E-state index >= 15 is 0 Å². The highest BCUT2D eigenvalue weighted by Crippen LogP contribution is 2.36. The largest absolute Gasteiger partial charge is 0.466 e. The van der Waals surface area contributed by atoms with E-state index in [1.165, 1.54) is 16.5 Å². The lowest BCUT2D eigenvalue weighted by molar-refractivity contribution is -0.144. The summed E-state index contributed by atoms with van der Waals surface area (Å²) in [6.07, 6.45) is 5.52. The zero-order chi connectivity index (χ0) is 22.3. The van der Waals surface area contributed by atoms with Gasteiger partial charge in [0.15, 0.2) is 0 Å². The first kappa shape index (κ1) is 22.1. The van der Waals surface area contributed by atoms with Crippen LogP contribution >= 0.6 is 0 Å². The van der Waals surface area contributed by atoms with Crippen LogP contribution in [0.3, 0.4) is 0 Å². The van der Waals surface area contributed by atoms with Crippen LogP contribution in [0.4, 0.5) is 0 Å². The molecule has 2 heterocycles. The van der Waals surface area contributed by atoms with Gasteiger partial charge in [0.2, 0.25) is 5.91 Å². The van der Waals surface area contributed by atoms with Crippen molar-refractivity contribution in [3.8, 4) is 0 Å². The van der Waals surface area contributed by atoms with Gasteiger partial charge in [0, 0.05) is 36.6 Å². The van der Waals surface area contributed by atoms with Gasteiger partial charge in [0.05, 0.1) is 13.0 Å². The molecule has 1 atom stereocenters. The van der Waals surface area contributed by atoms with Crippen molar-refractivity contribution in [2.45, 2.75) is 44.9 Å². The van der Waals surface area contributed by atoms with Gasteiger partial charge in [0.1, 0.15) is 0 Å². The molecule has 1 N–H and O–H groups in total. The third kappa shape index (κ3) is 5.21. The van der Waals surface area contributed by atoms with E-state index in [1.807, 2.05) is 48.4 Å². The number of carbonyl (C=O) groups is 2. The van der Waals surface area contributed by atoms with Crippen molar-refractivity contribution < 1.29 is 14.3 Å². The van der Waals surface area contributed by atoms with Crippen molar-refractivity contribution in [3.63, 3.8) is 0 Å². The van der Waals surface area contributed by atoms with Crippen LogP contribution in [0, 0.1) is 5.92 Å². The van der Waals surface area contributed by atoms with E-state index in [2.05, 4.69) is 29.2 Å². The molecule has 5 nitrogen and oxygen atoms in total. The fourth-order valence-corrected chi connectivity index (χ4v) is 4.95. The smallest absolute Gasteiger partial charge is 0.306 e. The first-order chi connectivity index (χ1) is 15.7. The number of nitrogens with zero attached hydrogens (tertiary/aromatic N) is 1. The molecule has 1 amide bonds. The molecule has 168 valence electrons. The summed E-state index contributed by atoms with van der Waals surface area (Å²) >= 11 is 0. The van der Waals surface area contributed by atoms with Crippen LogP contribution < -0.4 is 0 Å². The maximum Gasteiger partial charge on any atom is 0.306 e. The zero-order valence-corrected chi connectivity index (χ0v) is 18.8.